The van der Waals surface area contributed by atoms with Crippen molar-refractivity contribution in [3.63, 3.8) is 0 Å². The van der Waals surface area contributed by atoms with Crippen LogP contribution in [0.4, 0.5) is 5.82 Å². The third kappa shape index (κ3) is 3.75. The van der Waals surface area contributed by atoms with E-state index < -0.39 is 0 Å². The summed E-state index contributed by atoms with van der Waals surface area (Å²) in [6, 6.07) is 15.4. The van der Waals surface area contributed by atoms with E-state index in [1.54, 1.807) is 6.20 Å². The van der Waals surface area contributed by atoms with Gasteiger partial charge in [0.05, 0.1) is 0 Å². The predicted molar refractivity (Wildman–Crippen MR) is 84.9 cm³/mol. The quantitative estimate of drug-likeness (QED) is 0.915. The first-order valence-electron chi connectivity index (χ1n) is 7.44. The molecule has 0 radical (unpaired) electrons. The lowest BCUT2D eigenvalue weighted by molar-refractivity contribution is -0.123. The molecule has 1 aromatic heterocycles. The molecule has 0 spiro atoms. The molecule has 1 saturated heterocycles. The SMILES string of the molecule is O=C(COc1ccccc1)NC1CCN(c2ccccn2)C1. The zero-order valence-corrected chi connectivity index (χ0v) is 12.3. The molecule has 0 bridgehead atoms. The molecule has 1 fully saturated rings. The Morgan fingerprint density at radius 1 is 1.23 bits per heavy atom. The van der Waals surface area contributed by atoms with Gasteiger partial charge in [-0.05, 0) is 30.7 Å². The molecule has 1 unspecified atom stereocenters. The third-order valence-corrected chi connectivity index (χ3v) is 3.64. The number of carbonyl (C=O) groups is 1. The lowest BCUT2D eigenvalue weighted by Gasteiger charge is -2.17. The average Bonchev–Trinajstić information content (AvgIpc) is 3.03. The largest absolute Gasteiger partial charge is 0.484 e. The molecule has 1 N–H and O–H groups in total. The molecular weight excluding hydrogens is 278 g/mol. The van der Waals surface area contributed by atoms with Crippen molar-refractivity contribution in [2.24, 2.45) is 0 Å². The molecule has 3 rings (SSSR count). The zero-order chi connectivity index (χ0) is 15.2. The first-order valence-corrected chi connectivity index (χ1v) is 7.44. The molecule has 1 amide bonds. The fourth-order valence-corrected chi connectivity index (χ4v) is 2.56. The summed E-state index contributed by atoms with van der Waals surface area (Å²) in [5, 5.41) is 3.02. The van der Waals surface area contributed by atoms with Crippen LogP contribution in [0.5, 0.6) is 5.75 Å². The van der Waals surface area contributed by atoms with Crippen molar-refractivity contribution in [3.8, 4) is 5.75 Å². The number of para-hydroxylation sites is 1. The Labute approximate surface area is 129 Å². The highest BCUT2D eigenvalue weighted by Crippen LogP contribution is 2.17. The van der Waals surface area contributed by atoms with Gasteiger partial charge in [0.25, 0.3) is 5.91 Å². The Bertz CT molecular complexity index is 604. The molecule has 22 heavy (non-hydrogen) atoms. The summed E-state index contributed by atoms with van der Waals surface area (Å²) in [6.07, 6.45) is 2.71. The second kappa shape index (κ2) is 6.93. The van der Waals surface area contributed by atoms with E-state index in [2.05, 4.69) is 15.2 Å². The standard InChI is InChI=1S/C17H19N3O2/c21-17(13-22-15-6-2-1-3-7-15)19-14-9-11-20(12-14)16-8-4-5-10-18-16/h1-8,10,14H,9,11-13H2,(H,19,21). The van der Waals surface area contributed by atoms with Crippen LogP contribution in [0, 0.1) is 0 Å². The van der Waals surface area contributed by atoms with Gasteiger partial charge in [-0.3, -0.25) is 4.79 Å². The number of rotatable bonds is 5. The number of nitrogens with one attached hydrogen (secondary N) is 1. The number of hydrogen-bond acceptors (Lipinski definition) is 4. The number of anilines is 1. The topological polar surface area (TPSA) is 54.5 Å². The van der Waals surface area contributed by atoms with Gasteiger partial charge in [0.15, 0.2) is 6.61 Å². The Kier molecular flexibility index (Phi) is 4.53. The molecule has 1 atom stereocenters. The van der Waals surface area contributed by atoms with Crippen LogP contribution in [0.15, 0.2) is 54.7 Å². The lowest BCUT2D eigenvalue weighted by atomic mass is 10.2. The monoisotopic (exact) mass is 297 g/mol. The van der Waals surface area contributed by atoms with Crippen molar-refractivity contribution < 1.29 is 9.53 Å². The van der Waals surface area contributed by atoms with E-state index in [-0.39, 0.29) is 18.6 Å². The van der Waals surface area contributed by atoms with Gasteiger partial charge < -0.3 is 15.0 Å². The van der Waals surface area contributed by atoms with Crippen molar-refractivity contribution in [1.82, 2.24) is 10.3 Å². The first-order chi connectivity index (χ1) is 10.8. The van der Waals surface area contributed by atoms with E-state index in [1.807, 2.05) is 48.5 Å². The maximum Gasteiger partial charge on any atom is 0.258 e. The molecule has 2 aromatic rings. The van der Waals surface area contributed by atoms with Gasteiger partial charge in [0, 0.05) is 25.3 Å². The summed E-state index contributed by atoms with van der Waals surface area (Å²) >= 11 is 0. The number of hydrogen-bond donors (Lipinski definition) is 1. The minimum absolute atomic E-state index is 0.0457. The van der Waals surface area contributed by atoms with Gasteiger partial charge >= 0.3 is 0 Å². The molecule has 1 aliphatic heterocycles. The second-order valence-electron chi connectivity index (χ2n) is 5.29. The number of benzene rings is 1. The molecule has 1 aromatic carbocycles. The molecule has 5 nitrogen and oxygen atoms in total. The summed E-state index contributed by atoms with van der Waals surface area (Å²) < 4.78 is 5.45. The summed E-state index contributed by atoms with van der Waals surface area (Å²) in [7, 11) is 0. The van der Waals surface area contributed by atoms with Gasteiger partial charge in [-0.2, -0.15) is 0 Å². The molecule has 2 heterocycles. The molecule has 5 heteroatoms. The Morgan fingerprint density at radius 3 is 2.82 bits per heavy atom. The number of nitrogens with zero attached hydrogens (tertiary/aromatic N) is 2. The smallest absolute Gasteiger partial charge is 0.258 e. The van der Waals surface area contributed by atoms with Crippen LogP contribution in [0.3, 0.4) is 0 Å². The third-order valence-electron chi connectivity index (χ3n) is 3.64. The second-order valence-corrected chi connectivity index (χ2v) is 5.29. The average molecular weight is 297 g/mol. The van der Waals surface area contributed by atoms with Crippen molar-refractivity contribution in [2.75, 3.05) is 24.6 Å². The number of ether oxygens (including phenoxy) is 1. The van der Waals surface area contributed by atoms with E-state index in [1.165, 1.54) is 0 Å². The highest BCUT2D eigenvalue weighted by Gasteiger charge is 2.24. The highest BCUT2D eigenvalue weighted by molar-refractivity contribution is 5.78. The van der Waals surface area contributed by atoms with E-state index in [0.29, 0.717) is 5.75 Å². The molecule has 114 valence electrons. The number of carbonyl (C=O) groups excluding carboxylic acids is 1. The first kappa shape index (κ1) is 14.4. The number of amides is 1. The molecule has 0 saturated carbocycles. The summed E-state index contributed by atoms with van der Waals surface area (Å²) in [4.78, 5) is 18.5. The van der Waals surface area contributed by atoms with Crippen LogP contribution in [0.1, 0.15) is 6.42 Å². The minimum Gasteiger partial charge on any atom is -0.484 e. The van der Waals surface area contributed by atoms with Crippen LogP contribution >= 0.6 is 0 Å². The predicted octanol–water partition coefficient (Wildman–Crippen LogP) is 1.86. The molecule has 1 aliphatic rings. The fourth-order valence-electron chi connectivity index (χ4n) is 2.56. The van der Waals surface area contributed by atoms with Gasteiger partial charge in [0.1, 0.15) is 11.6 Å². The van der Waals surface area contributed by atoms with Crippen LogP contribution in [-0.2, 0) is 4.79 Å². The van der Waals surface area contributed by atoms with Gasteiger partial charge in [-0.15, -0.1) is 0 Å². The summed E-state index contributed by atoms with van der Waals surface area (Å²) in [5.41, 5.74) is 0. The summed E-state index contributed by atoms with van der Waals surface area (Å²) in [5.74, 6) is 1.58. The van der Waals surface area contributed by atoms with E-state index in [9.17, 15) is 4.79 Å². The van der Waals surface area contributed by atoms with E-state index in [4.69, 9.17) is 4.74 Å². The fraction of sp³-hybridized carbons (Fsp3) is 0.294. The van der Waals surface area contributed by atoms with Gasteiger partial charge in [0.2, 0.25) is 0 Å². The number of aromatic nitrogens is 1. The Morgan fingerprint density at radius 2 is 2.05 bits per heavy atom. The van der Waals surface area contributed by atoms with Crippen LogP contribution in [0.25, 0.3) is 0 Å². The van der Waals surface area contributed by atoms with Gasteiger partial charge in [-0.25, -0.2) is 4.98 Å². The normalized spacial score (nSPS) is 17.3. The van der Waals surface area contributed by atoms with Crippen molar-refractivity contribution in [1.29, 1.82) is 0 Å². The number of pyridine rings is 1. The summed E-state index contributed by atoms with van der Waals surface area (Å²) in [6.45, 7) is 1.74. The van der Waals surface area contributed by atoms with Gasteiger partial charge in [-0.1, -0.05) is 24.3 Å². The van der Waals surface area contributed by atoms with Crippen molar-refractivity contribution in [3.05, 3.63) is 54.7 Å². The van der Waals surface area contributed by atoms with E-state index in [0.717, 1.165) is 25.3 Å². The zero-order valence-electron chi connectivity index (χ0n) is 12.3. The van der Waals surface area contributed by atoms with Crippen molar-refractivity contribution >= 4 is 11.7 Å². The Balaban J connectivity index is 1.45. The highest BCUT2D eigenvalue weighted by atomic mass is 16.5. The van der Waals surface area contributed by atoms with Crippen LogP contribution < -0.4 is 15.0 Å². The van der Waals surface area contributed by atoms with Crippen molar-refractivity contribution in [2.45, 2.75) is 12.5 Å². The maximum atomic E-state index is 11.9. The van der Waals surface area contributed by atoms with Crippen LogP contribution in [0.2, 0.25) is 0 Å². The molecular formula is C17H19N3O2. The minimum atomic E-state index is -0.0864. The Hall–Kier alpha value is -2.56. The van der Waals surface area contributed by atoms with E-state index >= 15 is 0 Å². The lowest BCUT2D eigenvalue weighted by Crippen LogP contribution is -2.39. The molecule has 0 aliphatic carbocycles. The van der Waals surface area contributed by atoms with Crippen LogP contribution in [-0.4, -0.2) is 36.6 Å². The maximum absolute atomic E-state index is 11.9.